The van der Waals surface area contributed by atoms with Crippen LogP contribution in [0.3, 0.4) is 0 Å². The van der Waals surface area contributed by atoms with Crippen LogP contribution in [0.15, 0.2) is 42.7 Å². The molecule has 1 aromatic heterocycles. The molecule has 110 valence electrons. The van der Waals surface area contributed by atoms with E-state index in [4.69, 9.17) is 16.5 Å². The average molecular weight is 303 g/mol. The molecule has 4 heteroatoms. The second-order valence-electron chi connectivity index (χ2n) is 5.88. The van der Waals surface area contributed by atoms with E-state index in [1.807, 2.05) is 36.7 Å². The van der Waals surface area contributed by atoms with Crippen LogP contribution in [0, 0.1) is 0 Å². The van der Waals surface area contributed by atoms with Gasteiger partial charge in [-0.1, -0.05) is 18.2 Å². The van der Waals surface area contributed by atoms with E-state index in [2.05, 4.69) is 31.8 Å². The highest BCUT2D eigenvalue weighted by atomic mass is 35.5. The molecule has 1 aromatic carbocycles. The van der Waals surface area contributed by atoms with Crippen LogP contribution in [-0.2, 0) is 10.2 Å². The molecule has 3 nitrogen and oxygen atoms in total. The molecule has 3 rings (SSSR count). The number of benzene rings is 1. The summed E-state index contributed by atoms with van der Waals surface area (Å²) in [6.45, 7) is 6.93. The quantitative estimate of drug-likeness (QED) is 0.785. The highest BCUT2D eigenvalue weighted by molar-refractivity contribution is 6.30. The van der Waals surface area contributed by atoms with Gasteiger partial charge in [0.25, 0.3) is 0 Å². The molecule has 0 saturated heterocycles. The number of rotatable bonds is 3. The van der Waals surface area contributed by atoms with Crippen LogP contribution in [0.1, 0.15) is 31.9 Å². The van der Waals surface area contributed by atoms with Crippen LogP contribution in [-0.4, -0.2) is 17.7 Å². The summed E-state index contributed by atoms with van der Waals surface area (Å²) in [6.07, 6.45) is 3.81. The van der Waals surface area contributed by atoms with Crippen molar-refractivity contribution in [2.24, 2.45) is 0 Å². The molecule has 21 heavy (non-hydrogen) atoms. The zero-order chi connectivity index (χ0) is 15.0. The van der Waals surface area contributed by atoms with E-state index in [9.17, 15) is 0 Å². The van der Waals surface area contributed by atoms with Gasteiger partial charge in [0.05, 0.1) is 30.3 Å². The van der Waals surface area contributed by atoms with Crippen LogP contribution in [0.5, 0.6) is 0 Å². The molecule has 0 spiro atoms. The number of para-hydroxylation sites is 1. The zero-order valence-electron chi connectivity index (χ0n) is 12.5. The third kappa shape index (κ3) is 2.30. The van der Waals surface area contributed by atoms with Crippen LogP contribution >= 0.6 is 11.8 Å². The SMILES string of the molecule is CC(C)OCC1(C)c2ccccc2N(Cl)c2cnccc21. The summed E-state index contributed by atoms with van der Waals surface area (Å²) in [6, 6.07) is 10.2. The summed E-state index contributed by atoms with van der Waals surface area (Å²) in [5.41, 5.74) is 4.01. The molecule has 1 aliphatic heterocycles. The van der Waals surface area contributed by atoms with Gasteiger partial charge >= 0.3 is 0 Å². The molecule has 0 aliphatic carbocycles. The van der Waals surface area contributed by atoms with E-state index >= 15 is 0 Å². The number of aromatic nitrogens is 1. The molecule has 0 fully saturated rings. The summed E-state index contributed by atoms with van der Waals surface area (Å²) < 4.78 is 7.64. The minimum absolute atomic E-state index is 0.188. The first kappa shape index (κ1) is 14.4. The normalized spacial score (nSPS) is 20.3. The van der Waals surface area contributed by atoms with Gasteiger partial charge in [0.2, 0.25) is 0 Å². The Bertz CT molecular complexity index is 609. The highest BCUT2D eigenvalue weighted by Gasteiger charge is 2.39. The van der Waals surface area contributed by atoms with Gasteiger partial charge in [-0.25, -0.2) is 0 Å². The van der Waals surface area contributed by atoms with Crippen molar-refractivity contribution in [2.45, 2.75) is 32.3 Å². The highest BCUT2D eigenvalue weighted by Crippen LogP contribution is 2.49. The van der Waals surface area contributed by atoms with Gasteiger partial charge in [0.15, 0.2) is 0 Å². The molecular formula is C17H19ClN2O. The van der Waals surface area contributed by atoms with Crippen molar-refractivity contribution in [1.82, 2.24) is 4.98 Å². The number of hydrogen-bond donors (Lipinski definition) is 0. The largest absolute Gasteiger partial charge is 0.378 e. The Morgan fingerprint density at radius 1 is 1.19 bits per heavy atom. The van der Waals surface area contributed by atoms with Crippen LogP contribution < -0.4 is 4.42 Å². The van der Waals surface area contributed by atoms with Gasteiger partial charge in [-0.2, -0.15) is 0 Å². The topological polar surface area (TPSA) is 25.4 Å². The Hall–Kier alpha value is -1.58. The van der Waals surface area contributed by atoms with Crippen molar-refractivity contribution >= 4 is 23.2 Å². The van der Waals surface area contributed by atoms with Gasteiger partial charge in [-0.15, -0.1) is 0 Å². The van der Waals surface area contributed by atoms with Gasteiger partial charge in [0.1, 0.15) is 0 Å². The van der Waals surface area contributed by atoms with E-state index in [1.165, 1.54) is 5.56 Å². The minimum atomic E-state index is -0.232. The van der Waals surface area contributed by atoms with Crippen molar-refractivity contribution in [2.75, 3.05) is 11.0 Å². The van der Waals surface area contributed by atoms with Crippen molar-refractivity contribution in [1.29, 1.82) is 0 Å². The predicted octanol–water partition coefficient (Wildman–Crippen LogP) is 4.42. The van der Waals surface area contributed by atoms with Crippen LogP contribution in [0.2, 0.25) is 0 Å². The molecule has 0 bridgehead atoms. The second-order valence-corrected chi connectivity index (χ2v) is 6.22. The van der Waals surface area contributed by atoms with E-state index < -0.39 is 0 Å². The number of pyridine rings is 1. The molecule has 1 aliphatic rings. The van der Waals surface area contributed by atoms with E-state index in [0.29, 0.717) is 6.61 Å². The maximum Gasteiger partial charge on any atom is 0.0806 e. The van der Waals surface area contributed by atoms with Crippen molar-refractivity contribution < 1.29 is 4.74 Å². The monoisotopic (exact) mass is 302 g/mol. The summed E-state index contributed by atoms with van der Waals surface area (Å²) in [7, 11) is 0. The molecule has 2 heterocycles. The number of halogens is 1. The molecular weight excluding hydrogens is 284 g/mol. The van der Waals surface area contributed by atoms with Gasteiger partial charge in [0, 0.05) is 23.4 Å². The summed E-state index contributed by atoms with van der Waals surface area (Å²) in [5, 5.41) is 0. The van der Waals surface area contributed by atoms with Gasteiger partial charge in [-0.05, 0) is 44.0 Å². The van der Waals surface area contributed by atoms with Crippen LogP contribution in [0.25, 0.3) is 0 Å². The maximum atomic E-state index is 6.52. The fourth-order valence-corrected chi connectivity index (χ4v) is 3.17. The molecule has 1 atom stereocenters. The van der Waals surface area contributed by atoms with E-state index in [0.717, 1.165) is 16.9 Å². The molecule has 1 unspecified atom stereocenters. The smallest absolute Gasteiger partial charge is 0.0806 e. The fourth-order valence-electron chi connectivity index (χ4n) is 2.88. The fraction of sp³-hybridized carbons (Fsp3) is 0.353. The summed E-state index contributed by atoms with van der Waals surface area (Å²) in [5.74, 6) is 0. The predicted molar refractivity (Wildman–Crippen MR) is 86.2 cm³/mol. The molecule has 0 radical (unpaired) electrons. The zero-order valence-corrected chi connectivity index (χ0v) is 13.3. The van der Waals surface area contributed by atoms with E-state index in [1.54, 1.807) is 4.42 Å². The molecule has 0 saturated carbocycles. The lowest BCUT2D eigenvalue weighted by Gasteiger charge is -2.40. The van der Waals surface area contributed by atoms with Gasteiger partial charge < -0.3 is 4.74 Å². The second kappa shape index (κ2) is 5.32. The van der Waals surface area contributed by atoms with Crippen molar-refractivity contribution in [3.63, 3.8) is 0 Å². The maximum absolute atomic E-state index is 6.52. The van der Waals surface area contributed by atoms with Gasteiger partial charge in [-0.3, -0.25) is 9.40 Å². The van der Waals surface area contributed by atoms with Crippen molar-refractivity contribution in [3.8, 4) is 0 Å². The lowest BCUT2D eigenvalue weighted by molar-refractivity contribution is 0.0526. The van der Waals surface area contributed by atoms with Crippen LogP contribution in [0.4, 0.5) is 11.4 Å². The molecule has 0 N–H and O–H groups in total. The Morgan fingerprint density at radius 2 is 1.90 bits per heavy atom. The lowest BCUT2D eigenvalue weighted by Crippen LogP contribution is -2.36. The third-order valence-corrected chi connectivity index (χ3v) is 4.39. The lowest BCUT2D eigenvalue weighted by atomic mass is 9.73. The summed E-state index contributed by atoms with van der Waals surface area (Å²) >= 11 is 6.52. The number of anilines is 2. The number of ether oxygens (including phenoxy) is 1. The third-order valence-electron chi connectivity index (χ3n) is 4.02. The molecule has 2 aromatic rings. The Kier molecular flexibility index (Phi) is 3.64. The minimum Gasteiger partial charge on any atom is -0.378 e. The Balaban J connectivity index is 2.17. The first-order chi connectivity index (χ1) is 10.0. The number of fused-ring (bicyclic) bond motifs is 2. The van der Waals surface area contributed by atoms with E-state index in [-0.39, 0.29) is 11.5 Å². The number of nitrogens with zero attached hydrogens (tertiary/aromatic N) is 2. The molecule has 0 amide bonds. The first-order valence-electron chi connectivity index (χ1n) is 7.15. The summed E-state index contributed by atoms with van der Waals surface area (Å²) in [4.78, 5) is 4.22. The number of hydrogen-bond acceptors (Lipinski definition) is 3. The average Bonchev–Trinajstić information content (AvgIpc) is 2.51. The van der Waals surface area contributed by atoms with Crippen molar-refractivity contribution in [3.05, 3.63) is 53.9 Å². The first-order valence-corrected chi connectivity index (χ1v) is 7.49. The Labute approximate surface area is 130 Å². The Morgan fingerprint density at radius 3 is 2.67 bits per heavy atom. The standard InChI is InChI=1S/C17H19ClN2O/c1-12(2)21-11-17(3)13-6-4-5-7-15(13)20(18)16-10-19-9-8-14(16)17/h4-10,12H,11H2,1-3H3.